The number of hydrogen-bond acceptors (Lipinski definition) is 9. The van der Waals surface area contributed by atoms with Gasteiger partial charge in [0.2, 0.25) is 0 Å². The molecule has 3 rings (SSSR count). The number of rotatable bonds is 9. The molecule has 0 bridgehead atoms. The summed E-state index contributed by atoms with van der Waals surface area (Å²) < 4.78 is 5.61. The highest BCUT2D eigenvalue weighted by Gasteiger charge is 2.16. The predicted molar refractivity (Wildman–Crippen MR) is 135 cm³/mol. The molecule has 0 unspecified atom stereocenters. The molecular formula is C26H22N6O5. The van der Waals surface area contributed by atoms with Crippen molar-refractivity contribution in [2.45, 2.75) is 13.8 Å². The van der Waals surface area contributed by atoms with Gasteiger partial charge in [-0.3, -0.25) is 0 Å². The molecule has 37 heavy (non-hydrogen) atoms. The normalized spacial score (nSPS) is 10.5. The molecule has 0 aromatic heterocycles. The Morgan fingerprint density at radius 3 is 1.89 bits per heavy atom. The molecule has 0 radical (unpaired) electrons. The number of carboxylic acid groups (broad SMARTS) is 2. The molecule has 0 aliphatic rings. The number of nitrogens with two attached hydrogens (primary N) is 1. The minimum Gasteiger partial charge on any atom is -0.478 e. The van der Waals surface area contributed by atoms with Gasteiger partial charge in [-0.25, -0.2) is 9.59 Å². The highest BCUT2D eigenvalue weighted by Crippen LogP contribution is 2.35. The third-order valence-electron chi connectivity index (χ3n) is 5.36. The van der Waals surface area contributed by atoms with Crippen molar-refractivity contribution in [3.8, 4) is 23.6 Å². The lowest BCUT2D eigenvalue weighted by molar-refractivity contribution is 0.0696. The van der Waals surface area contributed by atoms with Crippen molar-refractivity contribution < 1.29 is 24.5 Å². The minimum atomic E-state index is -1.34. The second-order valence-electron chi connectivity index (χ2n) is 7.66. The summed E-state index contributed by atoms with van der Waals surface area (Å²) in [6, 6.07) is 15.0. The average molecular weight is 498 g/mol. The van der Waals surface area contributed by atoms with Crippen LogP contribution in [0.15, 0.2) is 58.8 Å². The Morgan fingerprint density at radius 2 is 1.43 bits per heavy atom. The van der Waals surface area contributed by atoms with Crippen molar-refractivity contribution in [2.24, 2.45) is 10.2 Å². The number of carboxylic acids is 2. The van der Waals surface area contributed by atoms with E-state index in [-0.39, 0.29) is 39.4 Å². The molecular weight excluding hydrogens is 476 g/mol. The summed E-state index contributed by atoms with van der Waals surface area (Å²) in [6.07, 6.45) is 0. The Morgan fingerprint density at radius 1 is 0.892 bits per heavy atom. The van der Waals surface area contributed by atoms with Gasteiger partial charge >= 0.3 is 11.9 Å². The van der Waals surface area contributed by atoms with Crippen molar-refractivity contribution in [2.75, 3.05) is 23.7 Å². The topological polar surface area (TPSA) is 185 Å². The third kappa shape index (κ3) is 5.99. The SMILES string of the molecule is CCN(CC)c1ccc(N=Nc2c(C#N)cc(Oc3cc(C(=O)O)cc(C(=O)O)c3)cc2C#N)c(N)c1. The Bertz CT molecular complexity index is 1410. The molecule has 3 aromatic carbocycles. The number of carbonyl (C=O) groups is 2. The van der Waals surface area contributed by atoms with Gasteiger partial charge in [0, 0.05) is 30.9 Å². The summed E-state index contributed by atoms with van der Waals surface area (Å²) in [5, 5.41) is 46.1. The maximum absolute atomic E-state index is 11.4. The van der Waals surface area contributed by atoms with Crippen LogP contribution in [0.2, 0.25) is 0 Å². The monoisotopic (exact) mass is 498 g/mol. The van der Waals surface area contributed by atoms with Crippen LogP contribution in [0.4, 0.5) is 22.7 Å². The lowest BCUT2D eigenvalue weighted by Gasteiger charge is -2.21. The van der Waals surface area contributed by atoms with Gasteiger partial charge in [0.25, 0.3) is 0 Å². The Balaban J connectivity index is 1.98. The number of nitriles is 2. The van der Waals surface area contributed by atoms with Crippen LogP contribution < -0.4 is 15.4 Å². The van der Waals surface area contributed by atoms with E-state index >= 15 is 0 Å². The summed E-state index contributed by atoms with van der Waals surface area (Å²) in [5.41, 5.74) is 7.11. The third-order valence-corrected chi connectivity index (χ3v) is 5.36. The smallest absolute Gasteiger partial charge is 0.335 e. The number of ether oxygens (including phenoxy) is 1. The zero-order chi connectivity index (χ0) is 27.1. The van der Waals surface area contributed by atoms with Crippen molar-refractivity contribution in [3.63, 3.8) is 0 Å². The van der Waals surface area contributed by atoms with E-state index in [4.69, 9.17) is 10.5 Å². The van der Waals surface area contributed by atoms with Crippen LogP contribution in [-0.4, -0.2) is 35.2 Å². The van der Waals surface area contributed by atoms with Crippen LogP contribution in [-0.2, 0) is 0 Å². The van der Waals surface area contributed by atoms with Crippen LogP contribution in [0.1, 0.15) is 45.7 Å². The van der Waals surface area contributed by atoms with Crippen molar-refractivity contribution in [3.05, 3.63) is 70.8 Å². The van der Waals surface area contributed by atoms with Crippen LogP contribution >= 0.6 is 0 Å². The van der Waals surface area contributed by atoms with Crippen LogP contribution in [0.25, 0.3) is 0 Å². The zero-order valence-electron chi connectivity index (χ0n) is 20.0. The first-order valence-electron chi connectivity index (χ1n) is 11.0. The number of nitrogens with zero attached hydrogens (tertiary/aromatic N) is 5. The van der Waals surface area contributed by atoms with Gasteiger partial charge in [0.1, 0.15) is 35.0 Å². The molecule has 0 saturated heterocycles. The fraction of sp³-hybridized carbons (Fsp3) is 0.154. The molecule has 4 N–H and O–H groups in total. The maximum atomic E-state index is 11.4. The van der Waals surface area contributed by atoms with Gasteiger partial charge in [-0.15, -0.1) is 10.2 Å². The number of aromatic carboxylic acids is 2. The van der Waals surface area contributed by atoms with Crippen LogP contribution in [0.5, 0.6) is 11.5 Å². The number of nitrogen functional groups attached to an aromatic ring is 1. The average Bonchev–Trinajstić information content (AvgIpc) is 2.88. The van der Waals surface area contributed by atoms with Crippen LogP contribution in [0.3, 0.4) is 0 Å². The van der Waals surface area contributed by atoms with E-state index in [1.165, 1.54) is 12.1 Å². The van der Waals surface area contributed by atoms with E-state index in [1.807, 2.05) is 32.1 Å². The quantitative estimate of drug-likeness (QED) is 0.254. The fourth-order valence-electron chi connectivity index (χ4n) is 3.51. The molecule has 0 aliphatic carbocycles. The highest BCUT2D eigenvalue weighted by atomic mass is 16.5. The Labute approximate surface area is 212 Å². The highest BCUT2D eigenvalue weighted by molar-refractivity contribution is 5.94. The van der Waals surface area contributed by atoms with Gasteiger partial charge in [-0.1, -0.05) is 0 Å². The van der Waals surface area contributed by atoms with E-state index in [2.05, 4.69) is 15.1 Å². The predicted octanol–water partition coefficient (Wildman–Crippen LogP) is 5.46. The largest absolute Gasteiger partial charge is 0.478 e. The second kappa shape index (κ2) is 11.3. The molecule has 0 fully saturated rings. The van der Waals surface area contributed by atoms with Crippen molar-refractivity contribution >= 4 is 34.7 Å². The van der Waals surface area contributed by atoms with Crippen molar-refractivity contribution in [1.82, 2.24) is 0 Å². The molecule has 0 spiro atoms. The van der Waals surface area contributed by atoms with E-state index in [0.717, 1.165) is 37.0 Å². The standard InChI is InChI=1S/C26H22N6O5/c1-3-32(4-2)19-5-6-23(22(29)12-19)30-31-24-17(13-27)10-21(11-18(24)14-28)37-20-8-15(25(33)34)7-16(9-20)26(35)36/h5-12H,3-4,29H2,1-2H3,(H,33,34)(H,35,36). The summed E-state index contributed by atoms with van der Waals surface area (Å²) in [5.74, 6) is -2.78. The molecule has 0 heterocycles. The first-order chi connectivity index (χ1) is 17.7. The van der Waals surface area contributed by atoms with Gasteiger partial charge < -0.3 is 25.6 Å². The number of anilines is 2. The van der Waals surface area contributed by atoms with E-state index < -0.39 is 11.9 Å². The van der Waals surface area contributed by atoms with Gasteiger partial charge in [0.05, 0.1) is 27.9 Å². The summed E-state index contributed by atoms with van der Waals surface area (Å²) >= 11 is 0. The molecule has 0 saturated carbocycles. The lowest BCUT2D eigenvalue weighted by atomic mass is 10.1. The number of benzene rings is 3. The molecule has 0 amide bonds. The number of hydrogen-bond donors (Lipinski definition) is 3. The second-order valence-corrected chi connectivity index (χ2v) is 7.66. The van der Waals surface area contributed by atoms with Gasteiger partial charge in [-0.05, 0) is 50.2 Å². The Kier molecular flexibility index (Phi) is 8.02. The van der Waals surface area contributed by atoms with E-state index in [9.17, 15) is 30.3 Å². The molecule has 186 valence electrons. The van der Waals surface area contributed by atoms with Gasteiger partial charge in [-0.2, -0.15) is 10.5 Å². The zero-order valence-corrected chi connectivity index (χ0v) is 20.0. The molecule has 0 atom stereocenters. The molecule has 3 aromatic rings. The number of azo groups is 1. The maximum Gasteiger partial charge on any atom is 0.335 e. The summed E-state index contributed by atoms with van der Waals surface area (Å²) in [4.78, 5) is 24.8. The first kappa shape index (κ1) is 26.2. The van der Waals surface area contributed by atoms with Gasteiger partial charge in [0.15, 0.2) is 0 Å². The molecule has 11 heteroatoms. The van der Waals surface area contributed by atoms with Crippen LogP contribution in [0, 0.1) is 22.7 Å². The lowest BCUT2D eigenvalue weighted by Crippen LogP contribution is -2.21. The molecule has 11 nitrogen and oxygen atoms in total. The molecule has 0 aliphatic heterocycles. The Hall–Kier alpha value is -5.42. The fourth-order valence-corrected chi connectivity index (χ4v) is 3.51. The first-order valence-corrected chi connectivity index (χ1v) is 11.0. The minimum absolute atomic E-state index is 0.00455. The van der Waals surface area contributed by atoms with E-state index in [1.54, 1.807) is 12.1 Å². The van der Waals surface area contributed by atoms with E-state index in [0.29, 0.717) is 11.4 Å². The van der Waals surface area contributed by atoms with Crippen molar-refractivity contribution in [1.29, 1.82) is 10.5 Å². The summed E-state index contributed by atoms with van der Waals surface area (Å²) in [6.45, 7) is 5.67. The summed E-state index contributed by atoms with van der Waals surface area (Å²) in [7, 11) is 0.